The van der Waals surface area contributed by atoms with Gasteiger partial charge in [-0.05, 0) is 37.6 Å². The standard InChI is InChI=1S/C19H14F3N5O2/c1-9-13-5-11(20)3-4-14(13)27-17(28)16(9)19(21,22)18(29)26-10(2)15-8-24-12(6-23)7-25-15/h3-5,7-8,10H,1-2H3,(H,26,29)(H,27,28)/t10-/m0/s1. The molecule has 0 saturated heterocycles. The van der Waals surface area contributed by atoms with Gasteiger partial charge >= 0.3 is 5.92 Å². The predicted octanol–water partition coefficient (Wildman–Crippen LogP) is 2.61. The molecule has 0 unspecified atom stereocenters. The minimum atomic E-state index is -4.19. The van der Waals surface area contributed by atoms with Crippen molar-refractivity contribution >= 4 is 16.8 Å². The number of alkyl halides is 2. The molecular weight excluding hydrogens is 387 g/mol. The SMILES string of the molecule is Cc1c(C(F)(F)C(=O)N[C@@H](C)c2cnc(C#N)cn2)c(=O)[nH]c2ccc(F)cc12. The number of H-pyrrole nitrogens is 1. The van der Waals surface area contributed by atoms with Crippen LogP contribution in [-0.2, 0) is 10.7 Å². The average Bonchev–Trinajstić information content (AvgIpc) is 2.68. The van der Waals surface area contributed by atoms with Crippen molar-refractivity contribution in [1.82, 2.24) is 20.3 Å². The summed E-state index contributed by atoms with van der Waals surface area (Å²) in [6.07, 6.45) is 2.32. The van der Waals surface area contributed by atoms with Crippen LogP contribution in [0.2, 0.25) is 0 Å². The van der Waals surface area contributed by atoms with Crippen molar-refractivity contribution in [3.05, 3.63) is 69.3 Å². The third kappa shape index (κ3) is 3.67. The lowest BCUT2D eigenvalue weighted by Gasteiger charge is -2.21. The van der Waals surface area contributed by atoms with E-state index in [1.165, 1.54) is 26.1 Å². The summed E-state index contributed by atoms with van der Waals surface area (Å²) in [5, 5.41) is 10.9. The largest absolute Gasteiger partial charge is 0.355 e. The smallest absolute Gasteiger partial charge is 0.342 e. The van der Waals surface area contributed by atoms with E-state index in [0.717, 1.165) is 18.3 Å². The zero-order valence-corrected chi connectivity index (χ0v) is 15.3. The number of aromatic nitrogens is 3. The van der Waals surface area contributed by atoms with Crippen molar-refractivity contribution in [2.75, 3.05) is 0 Å². The minimum Gasteiger partial charge on any atom is -0.342 e. The van der Waals surface area contributed by atoms with Gasteiger partial charge in [0, 0.05) is 10.9 Å². The lowest BCUT2D eigenvalue weighted by atomic mass is 9.99. The van der Waals surface area contributed by atoms with Crippen LogP contribution in [0.3, 0.4) is 0 Å². The molecule has 0 saturated carbocycles. The Balaban J connectivity index is 1.96. The lowest BCUT2D eigenvalue weighted by Crippen LogP contribution is -2.43. The summed E-state index contributed by atoms with van der Waals surface area (Å²) in [7, 11) is 0. The second kappa shape index (κ2) is 7.35. The van der Waals surface area contributed by atoms with Crippen LogP contribution in [0.4, 0.5) is 13.2 Å². The fraction of sp³-hybridized carbons (Fsp3) is 0.211. The van der Waals surface area contributed by atoms with Crippen LogP contribution in [-0.4, -0.2) is 20.9 Å². The molecule has 3 rings (SSSR count). The number of aromatic amines is 1. The number of amides is 1. The Bertz CT molecular complexity index is 1200. The number of pyridine rings is 1. The van der Waals surface area contributed by atoms with Crippen molar-refractivity contribution < 1.29 is 18.0 Å². The number of nitrogens with one attached hydrogen (secondary N) is 2. The average molecular weight is 401 g/mol. The molecule has 0 aliphatic carbocycles. The molecule has 2 N–H and O–H groups in total. The first-order valence-corrected chi connectivity index (χ1v) is 8.38. The molecule has 1 atom stereocenters. The number of fused-ring (bicyclic) bond motifs is 1. The monoisotopic (exact) mass is 401 g/mol. The second-order valence-electron chi connectivity index (χ2n) is 6.35. The number of carbonyl (C=O) groups is 1. The highest BCUT2D eigenvalue weighted by molar-refractivity contribution is 5.89. The number of halogens is 3. The van der Waals surface area contributed by atoms with E-state index in [9.17, 15) is 22.8 Å². The van der Waals surface area contributed by atoms with Crippen LogP contribution in [0.1, 0.15) is 35.5 Å². The van der Waals surface area contributed by atoms with Crippen LogP contribution >= 0.6 is 0 Å². The lowest BCUT2D eigenvalue weighted by molar-refractivity contribution is -0.148. The topological polar surface area (TPSA) is 112 Å². The molecule has 0 aliphatic heterocycles. The summed E-state index contributed by atoms with van der Waals surface area (Å²) < 4.78 is 43.3. The molecule has 148 valence electrons. The molecular formula is C19H14F3N5O2. The molecule has 0 spiro atoms. The first-order chi connectivity index (χ1) is 13.6. The van der Waals surface area contributed by atoms with Crippen molar-refractivity contribution in [1.29, 1.82) is 5.26 Å². The van der Waals surface area contributed by atoms with Gasteiger partial charge in [0.15, 0.2) is 5.69 Å². The maximum absolute atomic E-state index is 14.9. The van der Waals surface area contributed by atoms with Crippen molar-refractivity contribution in [2.45, 2.75) is 25.8 Å². The Hall–Kier alpha value is -3.74. The summed E-state index contributed by atoms with van der Waals surface area (Å²) in [4.78, 5) is 34.4. The van der Waals surface area contributed by atoms with Gasteiger partial charge in [0.05, 0.1) is 29.7 Å². The van der Waals surface area contributed by atoms with E-state index < -0.39 is 34.8 Å². The molecule has 3 aromatic rings. The van der Waals surface area contributed by atoms with Gasteiger partial charge in [-0.15, -0.1) is 0 Å². The van der Waals surface area contributed by atoms with Gasteiger partial charge in [-0.25, -0.2) is 9.37 Å². The van der Waals surface area contributed by atoms with Gasteiger partial charge in [-0.3, -0.25) is 14.6 Å². The van der Waals surface area contributed by atoms with Crippen molar-refractivity contribution in [2.24, 2.45) is 0 Å². The van der Waals surface area contributed by atoms with Crippen LogP contribution in [0, 0.1) is 24.1 Å². The van der Waals surface area contributed by atoms with E-state index in [0.29, 0.717) is 0 Å². The van der Waals surface area contributed by atoms with E-state index >= 15 is 0 Å². The van der Waals surface area contributed by atoms with Gasteiger partial charge < -0.3 is 10.3 Å². The van der Waals surface area contributed by atoms with Crippen molar-refractivity contribution in [3.8, 4) is 6.07 Å². The number of hydrogen-bond acceptors (Lipinski definition) is 5. The van der Waals surface area contributed by atoms with Gasteiger partial charge in [-0.2, -0.15) is 14.0 Å². The number of nitriles is 1. The second-order valence-corrected chi connectivity index (χ2v) is 6.35. The van der Waals surface area contributed by atoms with Gasteiger partial charge in [-0.1, -0.05) is 0 Å². The van der Waals surface area contributed by atoms with Crippen LogP contribution in [0.25, 0.3) is 10.9 Å². The minimum absolute atomic E-state index is 0.0307. The molecule has 29 heavy (non-hydrogen) atoms. The molecule has 0 radical (unpaired) electrons. The molecule has 0 aliphatic rings. The summed E-state index contributed by atoms with van der Waals surface area (Å²) in [6.45, 7) is 2.62. The number of aryl methyl sites for hydroxylation is 1. The zero-order valence-electron chi connectivity index (χ0n) is 15.3. The molecule has 2 heterocycles. The zero-order chi connectivity index (χ0) is 21.3. The molecule has 0 bridgehead atoms. The molecule has 10 heteroatoms. The summed E-state index contributed by atoms with van der Waals surface area (Å²) in [6, 6.07) is 4.15. The van der Waals surface area contributed by atoms with Gasteiger partial charge in [0.1, 0.15) is 11.9 Å². The Morgan fingerprint density at radius 3 is 2.66 bits per heavy atom. The van der Waals surface area contributed by atoms with E-state index in [2.05, 4.69) is 20.3 Å². The van der Waals surface area contributed by atoms with Crippen LogP contribution < -0.4 is 10.9 Å². The Labute approximate surface area is 162 Å². The van der Waals surface area contributed by atoms with Gasteiger partial charge in [0.25, 0.3) is 11.5 Å². The highest BCUT2D eigenvalue weighted by Crippen LogP contribution is 2.32. The number of benzene rings is 1. The highest BCUT2D eigenvalue weighted by atomic mass is 19.3. The molecule has 1 aromatic carbocycles. The predicted molar refractivity (Wildman–Crippen MR) is 96.5 cm³/mol. The quantitative estimate of drug-likeness (QED) is 0.698. The van der Waals surface area contributed by atoms with E-state index in [1.54, 1.807) is 6.07 Å². The van der Waals surface area contributed by atoms with Gasteiger partial charge in [0.2, 0.25) is 0 Å². The van der Waals surface area contributed by atoms with Crippen molar-refractivity contribution in [3.63, 3.8) is 0 Å². The van der Waals surface area contributed by atoms with Crippen LogP contribution in [0.5, 0.6) is 0 Å². The first kappa shape index (κ1) is 20.0. The molecule has 1 amide bonds. The van der Waals surface area contributed by atoms with E-state index in [4.69, 9.17) is 5.26 Å². The molecule has 7 nitrogen and oxygen atoms in total. The number of hydrogen-bond donors (Lipinski definition) is 2. The summed E-state index contributed by atoms with van der Waals surface area (Å²) in [5.41, 5.74) is -2.05. The number of carbonyl (C=O) groups excluding carboxylic acids is 1. The highest BCUT2D eigenvalue weighted by Gasteiger charge is 2.45. The molecule has 0 fully saturated rings. The summed E-state index contributed by atoms with van der Waals surface area (Å²) >= 11 is 0. The van der Waals surface area contributed by atoms with Crippen LogP contribution in [0.15, 0.2) is 35.4 Å². The normalized spacial score (nSPS) is 12.4. The Morgan fingerprint density at radius 2 is 2.03 bits per heavy atom. The van der Waals surface area contributed by atoms with E-state index in [-0.39, 0.29) is 27.9 Å². The maximum atomic E-state index is 14.9. The third-order valence-corrected chi connectivity index (χ3v) is 4.41. The fourth-order valence-corrected chi connectivity index (χ4v) is 2.90. The first-order valence-electron chi connectivity index (χ1n) is 8.38. The number of nitrogens with zero attached hydrogens (tertiary/aromatic N) is 3. The summed E-state index contributed by atoms with van der Waals surface area (Å²) in [5.74, 6) is -6.58. The third-order valence-electron chi connectivity index (χ3n) is 4.41. The van der Waals surface area contributed by atoms with E-state index in [1.807, 2.05) is 0 Å². The Morgan fingerprint density at radius 1 is 1.31 bits per heavy atom. The fourth-order valence-electron chi connectivity index (χ4n) is 2.90. The maximum Gasteiger partial charge on any atom is 0.355 e. The molecule has 2 aromatic heterocycles. The Kier molecular flexibility index (Phi) is 5.07. The number of rotatable bonds is 4.